The number of aromatic nitrogens is 1. The third-order valence-corrected chi connectivity index (χ3v) is 7.18. The van der Waals surface area contributed by atoms with Gasteiger partial charge in [-0.05, 0) is 25.0 Å². The number of thiazole rings is 1. The second-order valence-corrected chi connectivity index (χ2v) is 9.66. The Morgan fingerprint density at radius 1 is 1.21 bits per heavy atom. The molecular weight excluding hydrogens is 394 g/mol. The fraction of sp³-hybridized carbons (Fsp3) is 0.474. The van der Waals surface area contributed by atoms with Gasteiger partial charge < -0.3 is 10.6 Å². The predicted molar refractivity (Wildman–Crippen MR) is 115 cm³/mol. The molecular formula is C19H29N5O2S2. The predicted octanol–water partition coefficient (Wildman–Crippen LogP) is 2.25. The van der Waals surface area contributed by atoms with Crippen LogP contribution in [-0.4, -0.2) is 50.9 Å². The quantitative estimate of drug-likeness (QED) is 0.477. The molecule has 0 spiro atoms. The lowest BCUT2D eigenvalue weighted by Crippen LogP contribution is -2.38. The van der Waals surface area contributed by atoms with Gasteiger partial charge in [-0.1, -0.05) is 25.1 Å². The Morgan fingerprint density at radius 2 is 1.96 bits per heavy atom. The van der Waals surface area contributed by atoms with E-state index in [0.29, 0.717) is 18.1 Å². The van der Waals surface area contributed by atoms with Crippen LogP contribution in [0.5, 0.6) is 0 Å². The number of nitrogens with one attached hydrogen (secondary N) is 2. The number of hydrogen-bond acceptors (Lipinski definition) is 5. The monoisotopic (exact) mass is 423 g/mol. The lowest BCUT2D eigenvalue weighted by atomic mass is 10.2. The van der Waals surface area contributed by atoms with Crippen molar-refractivity contribution in [3.63, 3.8) is 0 Å². The van der Waals surface area contributed by atoms with Crippen molar-refractivity contribution in [1.29, 1.82) is 0 Å². The highest BCUT2D eigenvalue weighted by molar-refractivity contribution is 7.89. The summed E-state index contributed by atoms with van der Waals surface area (Å²) in [5, 5.41) is 7.59. The molecule has 0 aliphatic heterocycles. The standard InChI is InChI=1S/C19H29N5O2S2/c1-5-16-14-22-18(27-16)11-12-21-19(20-6-2)23-13-15-9-7-8-10-17(15)28(25,26)24(3)4/h7-10,14H,5-6,11-13H2,1-4H3,(H2,20,21,23). The second kappa shape index (κ2) is 10.5. The third-order valence-electron chi connectivity index (χ3n) is 4.06. The fourth-order valence-electron chi connectivity index (χ4n) is 2.50. The van der Waals surface area contributed by atoms with E-state index in [4.69, 9.17) is 0 Å². The van der Waals surface area contributed by atoms with Crippen molar-refractivity contribution in [3.05, 3.63) is 45.9 Å². The summed E-state index contributed by atoms with van der Waals surface area (Å²) in [5.74, 6) is 0.659. The minimum Gasteiger partial charge on any atom is -0.357 e. The second-order valence-electron chi connectivity index (χ2n) is 6.34. The Morgan fingerprint density at radius 3 is 2.61 bits per heavy atom. The van der Waals surface area contributed by atoms with E-state index >= 15 is 0 Å². The molecule has 7 nitrogen and oxygen atoms in total. The van der Waals surface area contributed by atoms with Gasteiger partial charge in [-0.15, -0.1) is 11.3 Å². The lowest BCUT2D eigenvalue weighted by Gasteiger charge is -2.15. The first-order chi connectivity index (χ1) is 13.4. The van der Waals surface area contributed by atoms with Crippen LogP contribution in [0.4, 0.5) is 0 Å². The van der Waals surface area contributed by atoms with Crippen LogP contribution in [-0.2, 0) is 29.4 Å². The van der Waals surface area contributed by atoms with Crippen LogP contribution >= 0.6 is 11.3 Å². The van der Waals surface area contributed by atoms with Crippen molar-refractivity contribution in [1.82, 2.24) is 19.9 Å². The topological polar surface area (TPSA) is 86.7 Å². The number of rotatable bonds is 9. The first-order valence-electron chi connectivity index (χ1n) is 9.34. The SMILES string of the molecule is CCNC(=NCc1ccccc1S(=O)(=O)N(C)C)NCCc1ncc(CC)s1. The van der Waals surface area contributed by atoms with Crippen molar-refractivity contribution in [3.8, 4) is 0 Å². The summed E-state index contributed by atoms with van der Waals surface area (Å²) in [4.78, 5) is 10.6. The molecule has 2 N–H and O–H groups in total. The van der Waals surface area contributed by atoms with Gasteiger partial charge in [-0.3, -0.25) is 0 Å². The molecule has 1 aromatic carbocycles. The Labute approximate surface area is 172 Å². The summed E-state index contributed by atoms with van der Waals surface area (Å²) in [7, 11) is -0.442. The van der Waals surface area contributed by atoms with Gasteiger partial charge in [0.05, 0.1) is 16.4 Å². The van der Waals surface area contributed by atoms with Gasteiger partial charge in [0.25, 0.3) is 0 Å². The van der Waals surface area contributed by atoms with Gasteiger partial charge >= 0.3 is 0 Å². The molecule has 0 aliphatic carbocycles. The number of aliphatic imine (C=N–C) groups is 1. The van der Waals surface area contributed by atoms with Gasteiger partial charge in [-0.25, -0.2) is 22.7 Å². The van der Waals surface area contributed by atoms with Crippen LogP contribution < -0.4 is 10.6 Å². The molecule has 154 valence electrons. The maximum atomic E-state index is 12.5. The third kappa shape index (κ3) is 6.02. The Kier molecular flexibility index (Phi) is 8.40. The normalized spacial score (nSPS) is 12.4. The summed E-state index contributed by atoms with van der Waals surface area (Å²) in [6, 6.07) is 6.97. The molecule has 0 aliphatic rings. The van der Waals surface area contributed by atoms with Crippen molar-refractivity contribution in [2.75, 3.05) is 27.2 Å². The van der Waals surface area contributed by atoms with Crippen molar-refractivity contribution < 1.29 is 8.42 Å². The van der Waals surface area contributed by atoms with E-state index in [1.54, 1.807) is 29.5 Å². The average Bonchev–Trinajstić information content (AvgIpc) is 3.14. The molecule has 2 aromatic rings. The maximum Gasteiger partial charge on any atom is 0.242 e. The average molecular weight is 424 g/mol. The zero-order chi connectivity index (χ0) is 20.6. The summed E-state index contributed by atoms with van der Waals surface area (Å²) < 4.78 is 26.3. The molecule has 1 aromatic heterocycles. The lowest BCUT2D eigenvalue weighted by molar-refractivity contribution is 0.519. The largest absolute Gasteiger partial charge is 0.357 e. The minimum atomic E-state index is -3.50. The zero-order valence-corrected chi connectivity index (χ0v) is 18.5. The van der Waals surface area contributed by atoms with E-state index in [2.05, 4.69) is 27.5 Å². The van der Waals surface area contributed by atoms with Gasteiger partial charge in [0.2, 0.25) is 10.0 Å². The first kappa shape index (κ1) is 22.3. The fourth-order valence-corrected chi connectivity index (χ4v) is 4.47. The highest BCUT2D eigenvalue weighted by atomic mass is 32.2. The number of sulfonamides is 1. The van der Waals surface area contributed by atoms with Crippen LogP contribution in [0, 0.1) is 0 Å². The smallest absolute Gasteiger partial charge is 0.242 e. The number of nitrogens with zero attached hydrogens (tertiary/aromatic N) is 3. The molecule has 0 saturated heterocycles. The van der Waals surface area contributed by atoms with Gasteiger partial charge in [0, 0.05) is 44.7 Å². The molecule has 0 unspecified atom stereocenters. The zero-order valence-electron chi connectivity index (χ0n) is 16.9. The van der Waals surface area contributed by atoms with Crippen LogP contribution in [0.3, 0.4) is 0 Å². The van der Waals surface area contributed by atoms with Gasteiger partial charge in [0.1, 0.15) is 0 Å². The highest BCUT2D eigenvalue weighted by Crippen LogP contribution is 2.19. The molecule has 2 rings (SSSR count). The summed E-state index contributed by atoms with van der Waals surface area (Å²) in [5.41, 5.74) is 0.668. The van der Waals surface area contributed by atoms with E-state index in [1.807, 2.05) is 19.2 Å². The molecule has 9 heteroatoms. The van der Waals surface area contributed by atoms with E-state index < -0.39 is 10.0 Å². The van der Waals surface area contributed by atoms with E-state index in [0.717, 1.165) is 24.4 Å². The molecule has 0 saturated carbocycles. The summed E-state index contributed by atoms with van der Waals surface area (Å²) in [6.45, 7) is 5.83. The van der Waals surface area contributed by atoms with Gasteiger partial charge in [-0.2, -0.15) is 0 Å². The van der Waals surface area contributed by atoms with Crippen LogP contribution in [0.15, 0.2) is 40.4 Å². The van der Waals surface area contributed by atoms with E-state index in [9.17, 15) is 8.42 Å². The number of benzene rings is 1. The molecule has 1 heterocycles. The number of guanidine groups is 1. The summed E-state index contributed by atoms with van der Waals surface area (Å²) in [6.07, 6.45) is 3.76. The van der Waals surface area contributed by atoms with Crippen molar-refractivity contribution in [2.45, 2.75) is 38.1 Å². The molecule has 0 bridgehead atoms. The van der Waals surface area contributed by atoms with E-state index in [-0.39, 0.29) is 11.4 Å². The maximum absolute atomic E-state index is 12.5. The van der Waals surface area contributed by atoms with Crippen LogP contribution in [0.1, 0.15) is 29.3 Å². The van der Waals surface area contributed by atoms with Crippen LogP contribution in [0.25, 0.3) is 0 Å². The number of aryl methyl sites for hydroxylation is 1. The van der Waals surface area contributed by atoms with Crippen LogP contribution in [0.2, 0.25) is 0 Å². The Hall–Kier alpha value is -1.97. The Balaban J connectivity index is 2.06. The minimum absolute atomic E-state index is 0.274. The molecule has 0 fully saturated rings. The molecule has 28 heavy (non-hydrogen) atoms. The molecule has 0 radical (unpaired) electrons. The first-order valence-corrected chi connectivity index (χ1v) is 11.6. The van der Waals surface area contributed by atoms with Gasteiger partial charge in [0.15, 0.2) is 5.96 Å². The molecule has 0 amide bonds. The van der Waals surface area contributed by atoms with Crippen molar-refractivity contribution in [2.24, 2.45) is 4.99 Å². The highest BCUT2D eigenvalue weighted by Gasteiger charge is 2.20. The van der Waals surface area contributed by atoms with E-state index in [1.165, 1.54) is 23.3 Å². The molecule has 0 atom stereocenters. The summed E-state index contributed by atoms with van der Waals surface area (Å²) >= 11 is 1.73. The Bertz CT molecular complexity index is 891. The van der Waals surface area contributed by atoms with Crippen molar-refractivity contribution >= 4 is 27.3 Å². The number of hydrogen-bond donors (Lipinski definition) is 2.